The van der Waals surface area contributed by atoms with E-state index in [2.05, 4.69) is 72.8 Å². The van der Waals surface area contributed by atoms with Crippen LogP contribution < -0.4 is 0 Å². The molecule has 0 aliphatic carbocycles. The Morgan fingerprint density at radius 1 is 0.233 bits per heavy atom. The Hall–Kier alpha value is -8.29. The summed E-state index contributed by atoms with van der Waals surface area (Å²) in [5.41, 5.74) is 8.26. The number of hydrogen-bond donors (Lipinski definition) is 0. The van der Waals surface area contributed by atoms with Gasteiger partial charge in [-0.15, -0.1) is 0 Å². The molecule has 11 rings (SSSR count). The first kappa shape index (κ1) is 34.9. The maximum absolute atomic E-state index is 5.44. The van der Waals surface area contributed by atoms with E-state index in [-0.39, 0.29) is 0 Å². The van der Waals surface area contributed by atoms with Gasteiger partial charge in [-0.1, -0.05) is 188 Å². The van der Waals surface area contributed by atoms with Crippen molar-refractivity contribution in [3.8, 4) is 79.6 Å². The molecule has 0 radical (unpaired) electrons. The number of fused-ring (bicyclic) bond motifs is 5. The third-order valence-electron chi connectivity index (χ3n) is 10.7. The molecule has 0 N–H and O–H groups in total. The topological polar surface area (TPSA) is 90.2 Å². The zero-order valence-electron chi connectivity index (χ0n) is 32.2. The Kier molecular flexibility index (Phi) is 8.67. The van der Waals surface area contributed by atoms with Gasteiger partial charge in [-0.3, -0.25) is 0 Å². The standard InChI is InChI=1S/C53H33N7/c1-6-16-34(17-7-1)47-46-42-29-27-40(52-57-48(35-18-8-2-9-19-35)55-49(58-52)36-20-10-3-11-21-36)32-39(42)26-31-44(46)43-30-28-41(33-45(43)54-47)53-59-50(37-22-12-4-13-23-37)56-51(60-53)38-24-14-5-15-25-38/h1-33H. The first-order valence-electron chi connectivity index (χ1n) is 19.8. The molecule has 8 aromatic carbocycles. The summed E-state index contributed by atoms with van der Waals surface area (Å²) in [6, 6.07) is 67.8. The molecule has 11 aromatic rings. The minimum atomic E-state index is 0.586. The van der Waals surface area contributed by atoms with Gasteiger partial charge in [-0.2, -0.15) is 0 Å². The molecule has 3 heterocycles. The van der Waals surface area contributed by atoms with Gasteiger partial charge in [-0.05, 0) is 28.3 Å². The average Bonchev–Trinajstić information content (AvgIpc) is 3.34. The van der Waals surface area contributed by atoms with Crippen LogP contribution in [0.2, 0.25) is 0 Å². The van der Waals surface area contributed by atoms with Crippen molar-refractivity contribution in [1.82, 2.24) is 34.9 Å². The van der Waals surface area contributed by atoms with Gasteiger partial charge in [-0.25, -0.2) is 34.9 Å². The average molecular weight is 768 g/mol. The largest absolute Gasteiger partial charge is 0.247 e. The molecule has 0 saturated heterocycles. The molecule has 0 bridgehead atoms. The first-order chi connectivity index (χ1) is 29.7. The molecule has 7 nitrogen and oxygen atoms in total. The summed E-state index contributed by atoms with van der Waals surface area (Å²) >= 11 is 0. The van der Waals surface area contributed by atoms with E-state index in [0.717, 1.165) is 77.1 Å². The predicted molar refractivity (Wildman–Crippen MR) is 242 cm³/mol. The Balaban J connectivity index is 1.08. The van der Waals surface area contributed by atoms with Gasteiger partial charge in [0.1, 0.15) is 0 Å². The molecule has 60 heavy (non-hydrogen) atoms. The lowest BCUT2D eigenvalue weighted by atomic mass is 9.93. The molecule has 0 amide bonds. The normalized spacial score (nSPS) is 11.3. The van der Waals surface area contributed by atoms with Crippen LogP contribution in [0.5, 0.6) is 0 Å². The fraction of sp³-hybridized carbons (Fsp3) is 0. The summed E-state index contributed by atoms with van der Waals surface area (Å²) in [5, 5.41) is 5.37. The van der Waals surface area contributed by atoms with Crippen molar-refractivity contribution in [2.24, 2.45) is 0 Å². The maximum atomic E-state index is 5.44. The highest BCUT2D eigenvalue weighted by Crippen LogP contribution is 2.39. The molecule has 0 atom stereocenters. The third kappa shape index (κ3) is 6.50. The quantitative estimate of drug-likeness (QED) is 0.149. The number of rotatable bonds is 7. The van der Waals surface area contributed by atoms with E-state index in [1.807, 2.05) is 127 Å². The molecule has 0 fully saturated rings. The number of benzene rings is 8. The van der Waals surface area contributed by atoms with Gasteiger partial charge >= 0.3 is 0 Å². The van der Waals surface area contributed by atoms with E-state index < -0.39 is 0 Å². The molecule has 0 aliphatic rings. The van der Waals surface area contributed by atoms with Crippen molar-refractivity contribution in [2.45, 2.75) is 0 Å². The number of hydrogen-bond acceptors (Lipinski definition) is 7. The molecule has 7 heteroatoms. The highest BCUT2D eigenvalue weighted by molar-refractivity contribution is 6.21. The van der Waals surface area contributed by atoms with E-state index in [1.54, 1.807) is 0 Å². The van der Waals surface area contributed by atoms with Crippen LogP contribution in [0.1, 0.15) is 0 Å². The summed E-state index contributed by atoms with van der Waals surface area (Å²) in [4.78, 5) is 35.3. The second-order valence-corrected chi connectivity index (χ2v) is 14.6. The zero-order valence-corrected chi connectivity index (χ0v) is 32.2. The van der Waals surface area contributed by atoms with E-state index in [0.29, 0.717) is 34.9 Å². The fourth-order valence-corrected chi connectivity index (χ4v) is 7.80. The second kappa shape index (κ2) is 14.9. The van der Waals surface area contributed by atoms with Crippen LogP contribution in [0, 0.1) is 0 Å². The summed E-state index contributed by atoms with van der Waals surface area (Å²) in [7, 11) is 0. The lowest BCUT2D eigenvalue weighted by molar-refractivity contribution is 1.07. The van der Waals surface area contributed by atoms with Gasteiger partial charge in [0.15, 0.2) is 34.9 Å². The zero-order chi connectivity index (χ0) is 39.8. The van der Waals surface area contributed by atoms with Gasteiger partial charge in [0.05, 0.1) is 11.2 Å². The number of pyridine rings is 1. The third-order valence-corrected chi connectivity index (χ3v) is 10.7. The summed E-state index contributed by atoms with van der Waals surface area (Å²) in [6.45, 7) is 0. The van der Waals surface area contributed by atoms with Crippen LogP contribution in [0.4, 0.5) is 0 Å². The Morgan fingerprint density at radius 2 is 0.583 bits per heavy atom. The highest BCUT2D eigenvalue weighted by atomic mass is 15.0. The maximum Gasteiger partial charge on any atom is 0.164 e. The first-order valence-corrected chi connectivity index (χ1v) is 19.8. The van der Waals surface area contributed by atoms with Crippen molar-refractivity contribution in [2.75, 3.05) is 0 Å². The highest BCUT2D eigenvalue weighted by Gasteiger charge is 2.18. The van der Waals surface area contributed by atoms with Crippen molar-refractivity contribution in [1.29, 1.82) is 0 Å². The van der Waals surface area contributed by atoms with Crippen LogP contribution in [0.15, 0.2) is 200 Å². The van der Waals surface area contributed by atoms with E-state index >= 15 is 0 Å². The summed E-state index contributed by atoms with van der Waals surface area (Å²) < 4.78 is 0. The number of nitrogens with zero attached hydrogens (tertiary/aromatic N) is 7. The van der Waals surface area contributed by atoms with Crippen molar-refractivity contribution >= 4 is 32.4 Å². The van der Waals surface area contributed by atoms with Gasteiger partial charge in [0, 0.05) is 49.7 Å². The molecule has 0 spiro atoms. The SMILES string of the molecule is c1ccc(-c2nc(-c3ccccc3)nc(-c3ccc4c(ccc5c6ccc(-c7nc(-c8ccccc8)nc(-c8ccccc8)n7)cc6nc(-c6ccccc6)c45)c3)n2)cc1. The second-order valence-electron chi connectivity index (χ2n) is 14.6. The molecular weight excluding hydrogens is 735 g/mol. The lowest BCUT2D eigenvalue weighted by Crippen LogP contribution is -2.00. The summed E-state index contributed by atoms with van der Waals surface area (Å²) in [6.07, 6.45) is 0. The van der Waals surface area contributed by atoms with Crippen LogP contribution in [-0.2, 0) is 0 Å². The van der Waals surface area contributed by atoms with E-state index in [1.165, 1.54) is 0 Å². The Morgan fingerprint density at radius 3 is 1.02 bits per heavy atom. The fourth-order valence-electron chi connectivity index (χ4n) is 7.80. The van der Waals surface area contributed by atoms with E-state index in [9.17, 15) is 0 Å². The van der Waals surface area contributed by atoms with Crippen molar-refractivity contribution in [3.05, 3.63) is 200 Å². The minimum Gasteiger partial charge on any atom is -0.247 e. The molecular formula is C53H33N7. The Bertz CT molecular complexity index is 3230. The predicted octanol–water partition coefficient (Wildman–Crippen LogP) is 12.6. The number of aromatic nitrogens is 7. The molecule has 0 aliphatic heterocycles. The van der Waals surface area contributed by atoms with Crippen molar-refractivity contribution in [3.63, 3.8) is 0 Å². The smallest absolute Gasteiger partial charge is 0.164 e. The van der Waals surface area contributed by atoms with Crippen LogP contribution in [0.25, 0.3) is 112 Å². The molecule has 3 aromatic heterocycles. The lowest BCUT2D eigenvalue weighted by Gasteiger charge is -2.15. The van der Waals surface area contributed by atoms with Crippen molar-refractivity contribution < 1.29 is 0 Å². The van der Waals surface area contributed by atoms with Crippen LogP contribution in [0.3, 0.4) is 0 Å². The van der Waals surface area contributed by atoms with Gasteiger partial charge < -0.3 is 0 Å². The molecule has 0 unspecified atom stereocenters. The monoisotopic (exact) mass is 767 g/mol. The van der Waals surface area contributed by atoms with Crippen LogP contribution in [-0.4, -0.2) is 34.9 Å². The summed E-state index contributed by atoms with van der Waals surface area (Å²) in [5.74, 6) is 3.69. The molecule has 0 saturated carbocycles. The van der Waals surface area contributed by atoms with Gasteiger partial charge in [0.2, 0.25) is 0 Å². The Labute approximate surface area is 345 Å². The van der Waals surface area contributed by atoms with Crippen LogP contribution >= 0.6 is 0 Å². The van der Waals surface area contributed by atoms with E-state index in [4.69, 9.17) is 34.9 Å². The minimum absolute atomic E-state index is 0.586. The molecule has 280 valence electrons. The van der Waals surface area contributed by atoms with Gasteiger partial charge in [0.25, 0.3) is 0 Å².